The van der Waals surface area contributed by atoms with Crippen molar-refractivity contribution >= 4 is 5.78 Å². The highest BCUT2D eigenvalue weighted by molar-refractivity contribution is 5.86. The normalized spacial score (nSPS) is 37.2. The number of carbonyl (C=O) groups excluding carboxylic acids is 1. The maximum Gasteiger partial charge on any atom is 0.250 e. The Balaban J connectivity index is 2.33. The lowest BCUT2D eigenvalue weighted by molar-refractivity contribution is -0.562. The monoisotopic (exact) mass is 138 g/mol. The first-order valence-electron chi connectivity index (χ1n) is 3.42. The van der Waals surface area contributed by atoms with E-state index in [1.54, 1.807) is 0 Å². The van der Waals surface area contributed by atoms with Gasteiger partial charge in [0.1, 0.15) is 5.92 Å². The number of nitroso groups, excluding NO2 is 1. The van der Waals surface area contributed by atoms with Gasteiger partial charge in [0.05, 0.1) is 0 Å². The van der Waals surface area contributed by atoms with E-state index >= 15 is 0 Å². The molecule has 2 unspecified atom stereocenters. The number of carbonyl (C=O) groups is 1. The summed E-state index contributed by atoms with van der Waals surface area (Å²) in [4.78, 5) is 21.9. The number of rotatable bonds is 0. The zero-order valence-electron chi connectivity index (χ0n) is 5.49. The fraction of sp³-hybridized carbons (Fsp3) is 0.571. The van der Waals surface area contributed by atoms with E-state index in [4.69, 9.17) is 0 Å². The van der Waals surface area contributed by atoms with Gasteiger partial charge in [-0.2, -0.15) is 0 Å². The highest BCUT2D eigenvalue weighted by atomic mass is 16.3. The summed E-state index contributed by atoms with van der Waals surface area (Å²) in [5.74, 6) is -0.00810. The van der Waals surface area contributed by atoms with Gasteiger partial charge in [-0.25, -0.2) is 0 Å². The van der Waals surface area contributed by atoms with Gasteiger partial charge < -0.3 is 0 Å². The van der Waals surface area contributed by atoms with Crippen molar-refractivity contribution in [1.29, 1.82) is 0 Å². The third-order valence-electron chi connectivity index (χ3n) is 2.19. The SMILES string of the molecule is O=C1C[N+](=O)C2CC=CC12. The standard InChI is InChI=1S/C7H8NO2/c9-7-4-8(10)6-3-1-2-5(6)7/h1-2,5-6H,3-4H2/q+1. The smallest absolute Gasteiger partial charge is 0.250 e. The number of Topliss-reactive ketones (excluding diaryl/α,β-unsaturated/α-hetero) is 1. The Labute approximate surface area is 58.3 Å². The number of ketones is 1. The summed E-state index contributed by atoms with van der Waals surface area (Å²) >= 11 is 0. The van der Waals surface area contributed by atoms with Gasteiger partial charge in [0.15, 0.2) is 0 Å². The van der Waals surface area contributed by atoms with Crippen LogP contribution in [0.2, 0.25) is 0 Å². The molecule has 0 amide bonds. The van der Waals surface area contributed by atoms with Crippen LogP contribution in [0.1, 0.15) is 6.42 Å². The lowest BCUT2D eigenvalue weighted by Gasteiger charge is -1.93. The second-order valence-corrected chi connectivity index (χ2v) is 2.80. The molecule has 2 rings (SSSR count). The van der Waals surface area contributed by atoms with Crippen molar-refractivity contribution < 1.29 is 9.55 Å². The quantitative estimate of drug-likeness (QED) is 0.356. The Morgan fingerprint density at radius 2 is 2.40 bits per heavy atom. The van der Waals surface area contributed by atoms with Gasteiger partial charge in [0.2, 0.25) is 11.8 Å². The van der Waals surface area contributed by atoms with Crippen molar-refractivity contribution in [2.75, 3.05) is 6.54 Å². The molecule has 1 aliphatic heterocycles. The molecular weight excluding hydrogens is 130 g/mol. The molecule has 0 N–H and O–H groups in total. The van der Waals surface area contributed by atoms with Crippen molar-refractivity contribution in [2.24, 2.45) is 5.92 Å². The highest BCUT2D eigenvalue weighted by Gasteiger charge is 2.48. The van der Waals surface area contributed by atoms with Crippen molar-refractivity contribution in [2.45, 2.75) is 12.5 Å². The Kier molecular flexibility index (Phi) is 1.01. The number of nitrogens with zero attached hydrogens (tertiary/aromatic N) is 1. The van der Waals surface area contributed by atoms with Crippen LogP contribution in [0.25, 0.3) is 0 Å². The summed E-state index contributed by atoms with van der Waals surface area (Å²) in [5, 5.41) is 0. The summed E-state index contributed by atoms with van der Waals surface area (Å²) < 4.78 is 0.896. The van der Waals surface area contributed by atoms with Crippen LogP contribution in [0.4, 0.5) is 0 Å². The summed E-state index contributed by atoms with van der Waals surface area (Å²) in [6.45, 7) is 0.0969. The topological polar surface area (TPSA) is 37.1 Å². The lowest BCUT2D eigenvalue weighted by Crippen LogP contribution is -2.18. The van der Waals surface area contributed by atoms with E-state index < -0.39 is 0 Å². The predicted octanol–water partition coefficient (Wildman–Crippen LogP) is 0.293. The second-order valence-electron chi connectivity index (χ2n) is 2.80. The van der Waals surface area contributed by atoms with E-state index in [9.17, 15) is 9.70 Å². The Hall–Kier alpha value is -0.990. The Bertz CT molecular complexity index is 232. The minimum absolute atomic E-state index is 0.0625. The van der Waals surface area contributed by atoms with Gasteiger partial charge in [0.25, 0.3) is 6.54 Å². The van der Waals surface area contributed by atoms with Crippen LogP contribution in [0.15, 0.2) is 12.2 Å². The Morgan fingerprint density at radius 1 is 1.60 bits per heavy atom. The van der Waals surface area contributed by atoms with E-state index in [2.05, 4.69) is 0 Å². The molecule has 2 aliphatic rings. The molecule has 2 atom stereocenters. The van der Waals surface area contributed by atoms with E-state index in [0.717, 1.165) is 11.2 Å². The van der Waals surface area contributed by atoms with Crippen LogP contribution in [0.5, 0.6) is 0 Å². The first-order chi connectivity index (χ1) is 4.79. The maximum absolute atomic E-state index is 11.0. The molecular formula is C7H8NO2+. The first kappa shape index (κ1) is 5.77. The van der Waals surface area contributed by atoms with Crippen LogP contribution in [0, 0.1) is 10.8 Å². The van der Waals surface area contributed by atoms with Gasteiger partial charge in [-0.15, -0.1) is 0 Å². The molecule has 0 radical (unpaired) electrons. The molecule has 10 heavy (non-hydrogen) atoms. The van der Waals surface area contributed by atoms with Crippen LogP contribution in [-0.2, 0) is 4.79 Å². The molecule has 0 saturated carbocycles. The molecule has 52 valence electrons. The summed E-state index contributed by atoms with van der Waals surface area (Å²) in [6, 6.07) is -0.0625. The molecule has 0 aromatic carbocycles. The van der Waals surface area contributed by atoms with E-state index in [0.29, 0.717) is 0 Å². The van der Waals surface area contributed by atoms with E-state index in [1.165, 1.54) is 0 Å². The molecule has 1 heterocycles. The van der Waals surface area contributed by atoms with Gasteiger partial charge >= 0.3 is 0 Å². The summed E-state index contributed by atoms with van der Waals surface area (Å²) in [5.41, 5.74) is 0. The van der Waals surface area contributed by atoms with Crippen molar-refractivity contribution in [1.82, 2.24) is 0 Å². The maximum atomic E-state index is 11.0. The van der Waals surface area contributed by atoms with Crippen LogP contribution in [0.3, 0.4) is 0 Å². The van der Waals surface area contributed by atoms with Gasteiger partial charge in [0, 0.05) is 16.1 Å². The highest BCUT2D eigenvalue weighted by Crippen LogP contribution is 2.26. The zero-order valence-corrected chi connectivity index (χ0v) is 5.49. The number of hydrogen-bond acceptors (Lipinski definition) is 2. The van der Waals surface area contributed by atoms with Crippen LogP contribution in [-0.4, -0.2) is 23.1 Å². The van der Waals surface area contributed by atoms with Crippen LogP contribution < -0.4 is 0 Å². The molecule has 3 heteroatoms. The van der Waals surface area contributed by atoms with E-state index in [-0.39, 0.29) is 24.3 Å². The molecule has 1 saturated heterocycles. The molecule has 0 bridgehead atoms. The van der Waals surface area contributed by atoms with Crippen LogP contribution >= 0.6 is 0 Å². The average Bonchev–Trinajstić information content (AvgIpc) is 2.39. The molecule has 0 spiro atoms. The minimum Gasteiger partial charge on any atom is -0.291 e. The van der Waals surface area contributed by atoms with Gasteiger partial charge in [-0.05, 0) is 0 Å². The third kappa shape index (κ3) is 0.574. The minimum atomic E-state index is -0.0856. The number of fused-ring (bicyclic) bond motifs is 1. The van der Waals surface area contributed by atoms with Gasteiger partial charge in [-0.3, -0.25) is 4.79 Å². The van der Waals surface area contributed by atoms with Gasteiger partial charge in [-0.1, -0.05) is 12.2 Å². The zero-order chi connectivity index (χ0) is 7.14. The lowest BCUT2D eigenvalue weighted by atomic mass is 10.0. The van der Waals surface area contributed by atoms with Crippen molar-refractivity contribution in [3.63, 3.8) is 0 Å². The number of hydrogen-bond donors (Lipinski definition) is 0. The first-order valence-corrected chi connectivity index (χ1v) is 3.42. The second kappa shape index (κ2) is 1.75. The fourth-order valence-corrected chi connectivity index (χ4v) is 1.63. The van der Waals surface area contributed by atoms with Crippen molar-refractivity contribution in [3.05, 3.63) is 17.1 Å². The van der Waals surface area contributed by atoms with Crippen molar-refractivity contribution in [3.8, 4) is 0 Å². The largest absolute Gasteiger partial charge is 0.291 e. The Morgan fingerprint density at radius 3 is 3.10 bits per heavy atom. The summed E-state index contributed by atoms with van der Waals surface area (Å²) in [6.07, 6.45) is 4.52. The fourth-order valence-electron chi connectivity index (χ4n) is 1.63. The molecule has 0 aromatic rings. The molecule has 1 fully saturated rings. The average molecular weight is 138 g/mol. The third-order valence-corrected chi connectivity index (χ3v) is 2.19. The van der Waals surface area contributed by atoms with E-state index in [1.807, 2.05) is 12.2 Å². The molecule has 3 nitrogen and oxygen atoms in total. The molecule has 1 aliphatic carbocycles. The predicted molar refractivity (Wildman–Crippen MR) is 34.5 cm³/mol. The molecule has 0 aromatic heterocycles. The summed E-state index contributed by atoms with van der Waals surface area (Å²) in [7, 11) is 0.